The van der Waals surface area contributed by atoms with Crippen molar-refractivity contribution in [3.05, 3.63) is 65.6 Å². The van der Waals surface area contributed by atoms with Gasteiger partial charge in [-0.25, -0.2) is 9.07 Å². The number of nitrogens with zero attached hydrogens (tertiary/aromatic N) is 3. The molecule has 0 amide bonds. The summed E-state index contributed by atoms with van der Waals surface area (Å²) in [6.07, 6.45) is 5.58. The smallest absolute Gasteiger partial charge is 0.208 e. The van der Waals surface area contributed by atoms with Gasteiger partial charge in [0.25, 0.3) is 0 Å². The molecule has 1 aliphatic heterocycles. The Labute approximate surface area is 170 Å². The first-order chi connectivity index (χ1) is 13.8. The van der Waals surface area contributed by atoms with E-state index in [0.29, 0.717) is 12.3 Å². The lowest BCUT2D eigenvalue weighted by Gasteiger charge is -2.41. The largest absolute Gasteiger partial charge is 0.477 e. The number of allylic oxidation sites excluding steroid dienone is 4. The van der Waals surface area contributed by atoms with Gasteiger partial charge in [-0.1, -0.05) is 31.2 Å². The number of halogens is 1. The van der Waals surface area contributed by atoms with Gasteiger partial charge in [-0.15, -0.1) is 0 Å². The van der Waals surface area contributed by atoms with Crippen molar-refractivity contribution in [2.45, 2.75) is 52.2 Å². The Morgan fingerprint density at radius 2 is 2.00 bits per heavy atom. The predicted octanol–water partition coefficient (Wildman–Crippen LogP) is 4.88. The summed E-state index contributed by atoms with van der Waals surface area (Å²) in [5.41, 5.74) is 9.14. The molecule has 0 bridgehead atoms. The molecule has 152 valence electrons. The van der Waals surface area contributed by atoms with E-state index in [1.807, 2.05) is 61.9 Å². The topological polar surface area (TPSA) is 65.4 Å². The molecule has 0 saturated heterocycles. The van der Waals surface area contributed by atoms with Crippen LogP contribution in [0.5, 0.6) is 0 Å². The highest BCUT2D eigenvalue weighted by molar-refractivity contribution is 5.88. The zero-order valence-corrected chi connectivity index (χ0v) is 17.3. The van der Waals surface area contributed by atoms with Gasteiger partial charge < -0.3 is 10.5 Å². The van der Waals surface area contributed by atoms with Crippen LogP contribution in [0.15, 0.2) is 59.4 Å². The molecule has 1 aromatic heterocycles. The van der Waals surface area contributed by atoms with Crippen molar-refractivity contribution >= 4 is 11.7 Å². The lowest BCUT2D eigenvalue weighted by atomic mass is 9.65. The second kappa shape index (κ2) is 7.26. The number of aliphatic imine (C=N–C) groups is 1. The number of rotatable bonds is 3. The van der Waals surface area contributed by atoms with Gasteiger partial charge in [-0.2, -0.15) is 10.1 Å². The van der Waals surface area contributed by atoms with Crippen molar-refractivity contribution in [3.8, 4) is 5.69 Å². The maximum absolute atomic E-state index is 13.7. The molecule has 0 fully saturated rings. The maximum atomic E-state index is 13.7. The van der Waals surface area contributed by atoms with E-state index in [1.54, 1.807) is 6.08 Å². The van der Waals surface area contributed by atoms with Gasteiger partial charge in [-0.05, 0) is 56.9 Å². The summed E-state index contributed by atoms with van der Waals surface area (Å²) < 4.78 is 21.6. The second-order valence-electron chi connectivity index (χ2n) is 8.32. The van der Waals surface area contributed by atoms with E-state index >= 15 is 0 Å². The number of nitrogens with two attached hydrogens (primary N) is 1. The molecule has 1 unspecified atom stereocenters. The molecule has 0 saturated carbocycles. The molecule has 29 heavy (non-hydrogen) atoms. The van der Waals surface area contributed by atoms with E-state index in [4.69, 9.17) is 20.6 Å². The van der Waals surface area contributed by atoms with Crippen molar-refractivity contribution < 1.29 is 9.13 Å². The fourth-order valence-corrected chi connectivity index (χ4v) is 4.29. The number of hydrogen-bond donors (Lipinski definition) is 1. The molecule has 1 aromatic carbocycles. The first-order valence-electron chi connectivity index (χ1n) is 10.0. The van der Waals surface area contributed by atoms with Crippen molar-refractivity contribution in [2.24, 2.45) is 16.1 Å². The molecule has 3 atom stereocenters. The molecule has 2 aromatic rings. The normalized spacial score (nSPS) is 26.2. The standard InChI is InChI=1S/C23H27FN4O/c1-14(2)29-22-20(25)19(23(4)12-10-16(24)11-13-23)18-15(3)27-28(21(18)26-22)17-8-6-5-7-9-17/h5-12,14,19-20H,13,25H2,1-4H3/t19-,20-,23?/m0/s1. The number of ether oxygens (including phenoxy) is 1. The zero-order valence-electron chi connectivity index (χ0n) is 17.3. The number of aryl methyl sites for hydroxylation is 1. The third-order valence-corrected chi connectivity index (χ3v) is 5.68. The van der Waals surface area contributed by atoms with Crippen LogP contribution < -0.4 is 5.73 Å². The van der Waals surface area contributed by atoms with Gasteiger partial charge in [0.1, 0.15) is 5.83 Å². The minimum Gasteiger partial charge on any atom is -0.477 e. The van der Waals surface area contributed by atoms with Crippen LogP contribution in [-0.4, -0.2) is 27.8 Å². The van der Waals surface area contributed by atoms with Crippen LogP contribution in [0.2, 0.25) is 0 Å². The minimum absolute atomic E-state index is 0.0526. The van der Waals surface area contributed by atoms with Gasteiger partial charge in [0.05, 0.1) is 23.5 Å². The van der Waals surface area contributed by atoms with Gasteiger partial charge in [-0.3, -0.25) is 0 Å². The summed E-state index contributed by atoms with van der Waals surface area (Å²) in [5.74, 6) is 0.887. The molecule has 2 heterocycles. The number of fused-ring (bicyclic) bond motifs is 1. The Hall–Kier alpha value is -2.73. The summed E-state index contributed by atoms with van der Waals surface area (Å²) in [4.78, 5) is 4.81. The van der Waals surface area contributed by atoms with Crippen LogP contribution in [0.1, 0.15) is 44.4 Å². The summed E-state index contributed by atoms with van der Waals surface area (Å²) in [6, 6.07) is 9.46. The van der Waals surface area contributed by atoms with E-state index in [-0.39, 0.29) is 23.3 Å². The second-order valence-corrected chi connectivity index (χ2v) is 8.32. The molecule has 1 aliphatic carbocycles. The Morgan fingerprint density at radius 3 is 2.62 bits per heavy atom. The van der Waals surface area contributed by atoms with Crippen LogP contribution in [-0.2, 0) is 4.74 Å². The predicted molar refractivity (Wildman–Crippen MR) is 113 cm³/mol. The lowest BCUT2D eigenvalue weighted by molar-refractivity contribution is 0.201. The van der Waals surface area contributed by atoms with Gasteiger partial charge in [0, 0.05) is 11.5 Å². The van der Waals surface area contributed by atoms with Crippen LogP contribution in [0, 0.1) is 12.3 Å². The number of benzene rings is 1. The molecule has 4 rings (SSSR count). The van der Waals surface area contributed by atoms with E-state index in [9.17, 15) is 4.39 Å². The summed E-state index contributed by atoms with van der Waals surface area (Å²) in [7, 11) is 0. The SMILES string of the molecule is Cc1nn(-c2ccccc2)c2c1[C@H](C1(C)C=CC(F)=CC1)[C@H](N)C(OC(C)C)=N2. The molecular formula is C23H27FN4O. The van der Waals surface area contributed by atoms with Crippen LogP contribution >= 0.6 is 0 Å². The van der Waals surface area contributed by atoms with Gasteiger partial charge in [0.15, 0.2) is 5.82 Å². The van der Waals surface area contributed by atoms with Crippen LogP contribution in [0.4, 0.5) is 10.2 Å². The number of hydrogen-bond acceptors (Lipinski definition) is 4. The molecule has 6 heteroatoms. The highest BCUT2D eigenvalue weighted by Crippen LogP contribution is 2.51. The van der Waals surface area contributed by atoms with E-state index in [1.165, 1.54) is 6.08 Å². The van der Waals surface area contributed by atoms with Crippen molar-refractivity contribution in [2.75, 3.05) is 0 Å². The minimum atomic E-state index is -0.443. The lowest BCUT2D eigenvalue weighted by Crippen LogP contribution is -2.47. The summed E-state index contributed by atoms with van der Waals surface area (Å²) >= 11 is 0. The molecule has 2 N–H and O–H groups in total. The quantitative estimate of drug-likeness (QED) is 0.807. The van der Waals surface area contributed by atoms with Crippen molar-refractivity contribution in [3.63, 3.8) is 0 Å². The number of para-hydroxylation sites is 1. The first kappa shape index (κ1) is 19.6. The highest BCUT2D eigenvalue weighted by atomic mass is 19.1. The highest BCUT2D eigenvalue weighted by Gasteiger charge is 2.46. The molecule has 5 nitrogen and oxygen atoms in total. The Balaban J connectivity index is 1.91. The van der Waals surface area contributed by atoms with Crippen LogP contribution in [0.3, 0.4) is 0 Å². The fourth-order valence-electron chi connectivity index (χ4n) is 4.29. The van der Waals surface area contributed by atoms with Gasteiger partial charge >= 0.3 is 0 Å². The molecule has 0 spiro atoms. The Kier molecular flexibility index (Phi) is 4.90. The monoisotopic (exact) mass is 394 g/mol. The van der Waals surface area contributed by atoms with E-state index in [2.05, 4.69) is 6.92 Å². The van der Waals surface area contributed by atoms with Crippen LogP contribution in [0.25, 0.3) is 5.69 Å². The molecule has 2 aliphatic rings. The first-order valence-corrected chi connectivity index (χ1v) is 10.0. The summed E-state index contributed by atoms with van der Waals surface area (Å²) in [5, 5.41) is 4.79. The number of aromatic nitrogens is 2. The van der Waals surface area contributed by atoms with Gasteiger partial charge in [0.2, 0.25) is 5.90 Å². The van der Waals surface area contributed by atoms with Crippen molar-refractivity contribution in [1.29, 1.82) is 0 Å². The summed E-state index contributed by atoms with van der Waals surface area (Å²) in [6.45, 7) is 8.01. The zero-order chi connectivity index (χ0) is 20.8. The molecular weight excluding hydrogens is 367 g/mol. The van der Waals surface area contributed by atoms with E-state index in [0.717, 1.165) is 22.8 Å². The Bertz CT molecular complexity index is 1010. The maximum Gasteiger partial charge on any atom is 0.208 e. The average molecular weight is 394 g/mol. The van der Waals surface area contributed by atoms with Crippen molar-refractivity contribution in [1.82, 2.24) is 9.78 Å². The molecule has 0 radical (unpaired) electrons. The fraction of sp³-hybridized carbons (Fsp3) is 0.391. The average Bonchev–Trinajstić information content (AvgIpc) is 3.01. The third kappa shape index (κ3) is 3.42. The third-order valence-electron chi connectivity index (χ3n) is 5.68. The Morgan fingerprint density at radius 1 is 1.28 bits per heavy atom. The van der Waals surface area contributed by atoms with E-state index < -0.39 is 6.04 Å².